The number of nitrogens with one attached hydrogen (secondary N) is 2. The number of hydrogen-bond donors (Lipinski definition) is 3. The fourth-order valence-electron chi connectivity index (χ4n) is 1.41. The van der Waals surface area contributed by atoms with E-state index in [9.17, 15) is 14.7 Å². The smallest absolute Gasteiger partial charge is 0.242 e. The molecule has 0 aliphatic carbocycles. The van der Waals surface area contributed by atoms with Crippen LogP contribution in [-0.4, -0.2) is 29.5 Å². The highest BCUT2D eigenvalue weighted by Gasteiger charge is 2.25. The average molecular weight is 282 g/mol. The number of carbonyl (C=O) groups is 2. The number of aliphatic hydroxyl groups is 1. The zero-order chi connectivity index (χ0) is 15.3. The van der Waals surface area contributed by atoms with Crippen molar-refractivity contribution >= 4 is 11.8 Å². The van der Waals surface area contributed by atoms with Gasteiger partial charge in [-0.25, -0.2) is 0 Å². The minimum absolute atomic E-state index is 0.0298. The SMILES string of the molecule is CC(NC(=O)C(C)(C)C)C(=O)NCC(O)c1ccco1. The monoisotopic (exact) mass is 282 g/mol. The molecule has 6 heteroatoms. The van der Waals surface area contributed by atoms with Gasteiger partial charge in [0.15, 0.2) is 0 Å². The van der Waals surface area contributed by atoms with Gasteiger partial charge in [0.05, 0.1) is 12.8 Å². The summed E-state index contributed by atoms with van der Waals surface area (Å²) in [5, 5.41) is 14.9. The van der Waals surface area contributed by atoms with Crippen LogP contribution >= 0.6 is 0 Å². The van der Waals surface area contributed by atoms with Crippen molar-refractivity contribution in [3.05, 3.63) is 24.2 Å². The van der Waals surface area contributed by atoms with E-state index >= 15 is 0 Å². The summed E-state index contributed by atoms with van der Waals surface area (Å²) >= 11 is 0. The van der Waals surface area contributed by atoms with Crippen molar-refractivity contribution in [2.75, 3.05) is 6.54 Å². The zero-order valence-corrected chi connectivity index (χ0v) is 12.3. The maximum atomic E-state index is 11.8. The van der Waals surface area contributed by atoms with Gasteiger partial charge in [0.2, 0.25) is 11.8 Å². The maximum absolute atomic E-state index is 11.8. The van der Waals surface area contributed by atoms with E-state index in [1.54, 1.807) is 39.8 Å². The van der Waals surface area contributed by atoms with Crippen LogP contribution in [0, 0.1) is 5.41 Å². The van der Waals surface area contributed by atoms with Gasteiger partial charge in [0.25, 0.3) is 0 Å². The summed E-state index contributed by atoms with van der Waals surface area (Å²) in [6, 6.07) is 2.62. The molecule has 20 heavy (non-hydrogen) atoms. The fourth-order valence-corrected chi connectivity index (χ4v) is 1.41. The van der Waals surface area contributed by atoms with Crippen molar-refractivity contribution < 1.29 is 19.1 Å². The van der Waals surface area contributed by atoms with Crippen molar-refractivity contribution in [1.82, 2.24) is 10.6 Å². The quantitative estimate of drug-likeness (QED) is 0.750. The molecular weight excluding hydrogens is 260 g/mol. The summed E-state index contributed by atoms with van der Waals surface area (Å²) in [5.41, 5.74) is -0.553. The predicted octanol–water partition coefficient (Wildman–Crippen LogP) is 0.980. The second-order valence-electron chi connectivity index (χ2n) is 5.72. The van der Waals surface area contributed by atoms with Gasteiger partial charge in [0, 0.05) is 5.41 Å². The third kappa shape index (κ3) is 4.70. The number of amides is 2. The van der Waals surface area contributed by atoms with Gasteiger partial charge in [0.1, 0.15) is 17.9 Å². The molecule has 2 atom stereocenters. The number of carbonyl (C=O) groups excluding carboxylic acids is 2. The molecule has 0 radical (unpaired) electrons. The Kier molecular flexibility index (Phi) is 5.33. The Morgan fingerprint density at radius 1 is 1.40 bits per heavy atom. The first-order valence-corrected chi connectivity index (χ1v) is 6.52. The van der Waals surface area contributed by atoms with Crippen molar-refractivity contribution in [3.63, 3.8) is 0 Å². The van der Waals surface area contributed by atoms with Crippen molar-refractivity contribution in [1.29, 1.82) is 0 Å². The van der Waals surface area contributed by atoms with E-state index < -0.39 is 17.6 Å². The summed E-state index contributed by atoms with van der Waals surface area (Å²) in [7, 11) is 0. The van der Waals surface area contributed by atoms with E-state index in [0.717, 1.165) is 0 Å². The summed E-state index contributed by atoms with van der Waals surface area (Å²) in [4.78, 5) is 23.6. The van der Waals surface area contributed by atoms with E-state index in [1.807, 2.05) is 0 Å². The van der Waals surface area contributed by atoms with E-state index in [0.29, 0.717) is 5.76 Å². The van der Waals surface area contributed by atoms with Crippen molar-refractivity contribution in [3.8, 4) is 0 Å². The van der Waals surface area contributed by atoms with Crippen LogP contribution in [0.15, 0.2) is 22.8 Å². The summed E-state index contributed by atoms with van der Waals surface area (Å²) in [5.74, 6) is -0.170. The Hall–Kier alpha value is -1.82. The zero-order valence-electron chi connectivity index (χ0n) is 12.3. The van der Waals surface area contributed by atoms with Gasteiger partial charge in [-0.05, 0) is 19.1 Å². The van der Waals surface area contributed by atoms with Crippen LogP contribution in [0.3, 0.4) is 0 Å². The molecule has 0 bridgehead atoms. The van der Waals surface area contributed by atoms with Gasteiger partial charge in [-0.15, -0.1) is 0 Å². The lowest BCUT2D eigenvalue weighted by Crippen LogP contribution is -2.48. The predicted molar refractivity (Wildman–Crippen MR) is 73.7 cm³/mol. The molecule has 1 rings (SSSR count). The lowest BCUT2D eigenvalue weighted by Gasteiger charge is -2.21. The van der Waals surface area contributed by atoms with Crippen LogP contribution in [0.2, 0.25) is 0 Å². The molecule has 2 amide bonds. The molecule has 0 saturated carbocycles. The Morgan fingerprint density at radius 3 is 2.55 bits per heavy atom. The third-order valence-corrected chi connectivity index (χ3v) is 2.76. The lowest BCUT2D eigenvalue weighted by molar-refractivity contribution is -0.133. The minimum Gasteiger partial charge on any atom is -0.467 e. The number of furan rings is 1. The third-order valence-electron chi connectivity index (χ3n) is 2.76. The van der Waals surface area contributed by atoms with Crippen LogP contribution in [0.1, 0.15) is 39.6 Å². The highest BCUT2D eigenvalue weighted by atomic mass is 16.4. The molecule has 0 aliphatic heterocycles. The van der Waals surface area contributed by atoms with E-state index in [2.05, 4.69) is 10.6 Å². The fraction of sp³-hybridized carbons (Fsp3) is 0.571. The standard InChI is InChI=1S/C14H22N2O4/c1-9(16-13(19)14(2,3)4)12(18)15-8-10(17)11-6-5-7-20-11/h5-7,9-10,17H,8H2,1-4H3,(H,15,18)(H,16,19). The average Bonchev–Trinajstić information content (AvgIpc) is 2.87. The molecule has 0 aliphatic rings. The van der Waals surface area contributed by atoms with Crippen LogP contribution in [0.4, 0.5) is 0 Å². The number of rotatable bonds is 5. The van der Waals surface area contributed by atoms with E-state index in [4.69, 9.17) is 4.42 Å². The lowest BCUT2D eigenvalue weighted by atomic mass is 9.95. The van der Waals surface area contributed by atoms with Gasteiger partial charge in [-0.3, -0.25) is 9.59 Å². The van der Waals surface area contributed by atoms with Crippen molar-refractivity contribution in [2.45, 2.75) is 39.8 Å². The minimum atomic E-state index is -0.903. The maximum Gasteiger partial charge on any atom is 0.242 e. The molecule has 1 heterocycles. The Labute approximate surface area is 118 Å². The van der Waals surface area contributed by atoms with Crippen LogP contribution in [0.5, 0.6) is 0 Å². The molecule has 0 spiro atoms. The second kappa shape index (κ2) is 6.56. The Bertz CT molecular complexity index is 448. The molecule has 1 aromatic heterocycles. The second-order valence-corrected chi connectivity index (χ2v) is 5.72. The molecule has 0 fully saturated rings. The Balaban J connectivity index is 2.41. The molecular formula is C14H22N2O4. The van der Waals surface area contributed by atoms with Crippen LogP contribution in [0.25, 0.3) is 0 Å². The first kappa shape index (κ1) is 16.2. The van der Waals surface area contributed by atoms with Crippen LogP contribution < -0.4 is 10.6 Å². The first-order chi connectivity index (χ1) is 9.21. The van der Waals surface area contributed by atoms with Gasteiger partial charge in [-0.1, -0.05) is 20.8 Å². The molecule has 0 aromatic carbocycles. The molecule has 2 unspecified atom stereocenters. The molecule has 3 N–H and O–H groups in total. The molecule has 6 nitrogen and oxygen atoms in total. The van der Waals surface area contributed by atoms with Crippen molar-refractivity contribution in [2.24, 2.45) is 5.41 Å². The van der Waals surface area contributed by atoms with Crippen LogP contribution in [-0.2, 0) is 9.59 Å². The highest BCUT2D eigenvalue weighted by Crippen LogP contribution is 2.13. The largest absolute Gasteiger partial charge is 0.467 e. The van der Waals surface area contributed by atoms with Gasteiger partial charge < -0.3 is 20.2 Å². The summed E-state index contributed by atoms with van der Waals surface area (Å²) in [6.45, 7) is 6.94. The first-order valence-electron chi connectivity index (χ1n) is 6.52. The number of hydrogen-bond acceptors (Lipinski definition) is 4. The summed E-state index contributed by atoms with van der Waals surface area (Å²) in [6.07, 6.45) is 0.548. The molecule has 1 aromatic rings. The van der Waals surface area contributed by atoms with Gasteiger partial charge >= 0.3 is 0 Å². The molecule has 0 saturated heterocycles. The molecule has 112 valence electrons. The van der Waals surface area contributed by atoms with E-state index in [1.165, 1.54) is 6.26 Å². The highest BCUT2D eigenvalue weighted by molar-refractivity contribution is 5.89. The topological polar surface area (TPSA) is 91.6 Å². The normalized spacial score (nSPS) is 14.4. The Morgan fingerprint density at radius 2 is 2.05 bits per heavy atom. The van der Waals surface area contributed by atoms with E-state index in [-0.39, 0.29) is 18.4 Å². The number of aliphatic hydroxyl groups excluding tert-OH is 1. The van der Waals surface area contributed by atoms with Gasteiger partial charge in [-0.2, -0.15) is 0 Å². The summed E-state index contributed by atoms with van der Waals surface area (Å²) < 4.78 is 5.03.